The van der Waals surface area contributed by atoms with Gasteiger partial charge in [-0.15, -0.1) is 0 Å². The van der Waals surface area contributed by atoms with Gasteiger partial charge in [0.25, 0.3) is 0 Å². The molecular formula is C21H26N2O3S. The van der Waals surface area contributed by atoms with E-state index < -0.39 is 10.0 Å². The van der Waals surface area contributed by atoms with Crippen LogP contribution in [0.1, 0.15) is 36.0 Å². The van der Waals surface area contributed by atoms with E-state index in [0.717, 1.165) is 17.5 Å². The molecule has 27 heavy (non-hydrogen) atoms. The fraction of sp³-hybridized carbons (Fsp3) is 0.381. The van der Waals surface area contributed by atoms with Crippen molar-refractivity contribution in [3.63, 3.8) is 0 Å². The number of hydrogen-bond donors (Lipinski definition) is 1. The molecule has 1 amide bonds. The highest BCUT2D eigenvalue weighted by atomic mass is 32.2. The van der Waals surface area contributed by atoms with Crippen LogP contribution in [0.15, 0.2) is 42.5 Å². The number of rotatable bonds is 5. The smallest absolute Gasteiger partial charge is 0.235 e. The van der Waals surface area contributed by atoms with Crippen molar-refractivity contribution >= 4 is 27.3 Å². The Morgan fingerprint density at radius 1 is 1.07 bits per heavy atom. The van der Waals surface area contributed by atoms with E-state index in [1.807, 2.05) is 44.2 Å². The number of anilines is 2. The Hall–Kier alpha value is -2.34. The summed E-state index contributed by atoms with van der Waals surface area (Å²) in [4.78, 5) is 12.2. The molecule has 1 saturated heterocycles. The molecular weight excluding hydrogens is 360 g/mol. The molecule has 1 aliphatic rings. The van der Waals surface area contributed by atoms with E-state index in [9.17, 15) is 13.2 Å². The molecule has 0 aliphatic carbocycles. The lowest BCUT2D eigenvalue weighted by Crippen LogP contribution is -2.38. The Morgan fingerprint density at radius 3 is 2.48 bits per heavy atom. The van der Waals surface area contributed by atoms with Crippen molar-refractivity contribution in [2.75, 3.05) is 21.9 Å². The number of benzene rings is 2. The predicted octanol–water partition coefficient (Wildman–Crippen LogP) is 3.80. The number of sulfonamides is 1. The Labute approximate surface area is 161 Å². The zero-order valence-corrected chi connectivity index (χ0v) is 16.7. The topological polar surface area (TPSA) is 66.5 Å². The van der Waals surface area contributed by atoms with E-state index >= 15 is 0 Å². The first-order valence-electron chi connectivity index (χ1n) is 9.32. The molecule has 1 fully saturated rings. The average Bonchev–Trinajstić information content (AvgIpc) is 2.62. The number of nitrogens with zero attached hydrogens (tertiary/aromatic N) is 1. The third-order valence-electron chi connectivity index (χ3n) is 4.86. The van der Waals surface area contributed by atoms with E-state index in [1.54, 1.807) is 12.1 Å². The second-order valence-electron chi connectivity index (χ2n) is 7.13. The molecule has 144 valence electrons. The predicted molar refractivity (Wildman–Crippen MR) is 110 cm³/mol. The highest BCUT2D eigenvalue weighted by molar-refractivity contribution is 7.92. The fourth-order valence-electron chi connectivity index (χ4n) is 3.31. The number of aryl methyl sites for hydroxylation is 3. The van der Waals surface area contributed by atoms with Crippen LogP contribution in [0.25, 0.3) is 0 Å². The van der Waals surface area contributed by atoms with E-state index in [0.29, 0.717) is 37.2 Å². The molecule has 1 heterocycles. The van der Waals surface area contributed by atoms with Gasteiger partial charge in [0.05, 0.1) is 11.4 Å². The second-order valence-corrected chi connectivity index (χ2v) is 9.14. The zero-order valence-electron chi connectivity index (χ0n) is 15.9. The van der Waals surface area contributed by atoms with Crippen LogP contribution >= 0.6 is 0 Å². The van der Waals surface area contributed by atoms with Crippen molar-refractivity contribution in [1.29, 1.82) is 0 Å². The van der Waals surface area contributed by atoms with E-state index in [1.165, 1.54) is 9.87 Å². The van der Waals surface area contributed by atoms with Crippen LogP contribution in [-0.2, 0) is 21.2 Å². The van der Waals surface area contributed by atoms with Gasteiger partial charge >= 0.3 is 0 Å². The first kappa shape index (κ1) is 19.4. The maximum atomic E-state index is 12.3. The molecule has 6 heteroatoms. The SMILES string of the molecule is Cc1ccc(CCC(=O)Nc2ccc(N3CCCCS3(=O)=O)c(C)c2)cc1. The van der Waals surface area contributed by atoms with Gasteiger partial charge in [0, 0.05) is 18.7 Å². The summed E-state index contributed by atoms with van der Waals surface area (Å²) >= 11 is 0. The quantitative estimate of drug-likeness (QED) is 0.850. The summed E-state index contributed by atoms with van der Waals surface area (Å²) < 4.78 is 26.1. The first-order valence-corrected chi connectivity index (χ1v) is 10.9. The van der Waals surface area contributed by atoms with E-state index in [4.69, 9.17) is 0 Å². The van der Waals surface area contributed by atoms with Crippen LogP contribution in [0.5, 0.6) is 0 Å². The minimum absolute atomic E-state index is 0.0479. The van der Waals surface area contributed by atoms with Gasteiger partial charge < -0.3 is 5.32 Å². The Kier molecular flexibility index (Phi) is 5.85. The molecule has 0 aromatic heterocycles. The summed E-state index contributed by atoms with van der Waals surface area (Å²) in [7, 11) is -3.23. The number of amides is 1. The van der Waals surface area contributed by atoms with Gasteiger partial charge in [-0.05, 0) is 62.4 Å². The molecule has 2 aromatic rings. The minimum atomic E-state index is -3.23. The minimum Gasteiger partial charge on any atom is -0.326 e. The molecule has 2 aromatic carbocycles. The van der Waals surface area contributed by atoms with Gasteiger partial charge in [0.15, 0.2) is 0 Å². The highest BCUT2D eigenvalue weighted by Crippen LogP contribution is 2.29. The van der Waals surface area contributed by atoms with Gasteiger partial charge in [-0.3, -0.25) is 9.10 Å². The molecule has 0 unspecified atom stereocenters. The average molecular weight is 387 g/mol. The molecule has 0 radical (unpaired) electrons. The standard InChI is InChI=1S/C21H26N2O3S/c1-16-5-7-18(8-6-16)9-12-21(24)22-19-10-11-20(17(2)15-19)23-13-3-4-14-27(23,25)26/h5-8,10-11,15H,3-4,9,12-14H2,1-2H3,(H,22,24). The normalized spacial score (nSPS) is 16.1. The van der Waals surface area contributed by atoms with Crippen LogP contribution < -0.4 is 9.62 Å². The van der Waals surface area contributed by atoms with E-state index in [-0.39, 0.29) is 11.7 Å². The molecule has 5 nitrogen and oxygen atoms in total. The maximum Gasteiger partial charge on any atom is 0.235 e. The van der Waals surface area contributed by atoms with Crippen LogP contribution in [0, 0.1) is 13.8 Å². The van der Waals surface area contributed by atoms with E-state index in [2.05, 4.69) is 5.32 Å². The summed E-state index contributed by atoms with van der Waals surface area (Å²) in [5.74, 6) is 0.150. The van der Waals surface area contributed by atoms with Crippen molar-refractivity contribution in [2.45, 2.75) is 39.5 Å². The summed E-state index contributed by atoms with van der Waals surface area (Å²) in [6.45, 7) is 4.43. The molecule has 1 aliphatic heterocycles. The maximum absolute atomic E-state index is 12.3. The molecule has 0 spiro atoms. The monoisotopic (exact) mass is 386 g/mol. The Bertz CT molecular complexity index is 921. The number of carbonyl (C=O) groups is 1. The van der Waals surface area contributed by atoms with Crippen molar-refractivity contribution in [3.8, 4) is 0 Å². The van der Waals surface area contributed by atoms with Crippen molar-refractivity contribution in [2.24, 2.45) is 0 Å². The molecule has 0 atom stereocenters. The van der Waals surface area contributed by atoms with Crippen molar-refractivity contribution in [1.82, 2.24) is 0 Å². The lowest BCUT2D eigenvalue weighted by molar-refractivity contribution is -0.116. The van der Waals surface area contributed by atoms with Crippen molar-refractivity contribution < 1.29 is 13.2 Å². The van der Waals surface area contributed by atoms with Crippen LogP contribution in [0.3, 0.4) is 0 Å². The lowest BCUT2D eigenvalue weighted by atomic mass is 10.1. The third kappa shape index (κ3) is 4.89. The van der Waals surface area contributed by atoms with Gasteiger partial charge in [-0.1, -0.05) is 29.8 Å². The van der Waals surface area contributed by atoms with Gasteiger partial charge in [0.1, 0.15) is 0 Å². The fourth-order valence-corrected chi connectivity index (χ4v) is 5.01. The van der Waals surface area contributed by atoms with Crippen LogP contribution in [0.4, 0.5) is 11.4 Å². The summed E-state index contributed by atoms with van der Waals surface area (Å²) in [5, 5.41) is 2.91. The van der Waals surface area contributed by atoms with Gasteiger partial charge in [-0.25, -0.2) is 8.42 Å². The number of carbonyl (C=O) groups excluding carboxylic acids is 1. The highest BCUT2D eigenvalue weighted by Gasteiger charge is 2.27. The molecule has 0 saturated carbocycles. The largest absolute Gasteiger partial charge is 0.326 e. The van der Waals surface area contributed by atoms with Gasteiger partial charge in [-0.2, -0.15) is 0 Å². The third-order valence-corrected chi connectivity index (χ3v) is 6.72. The molecule has 0 bridgehead atoms. The Morgan fingerprint density at radius 2 is 1.81 bits per heavy atom. The van der Waals surface area contributed by atoms with Gasteiger partial charge in [0.2, 0.25) is 15.9 Å². The molecule has 3 rings (SSSR count). The Balaban J connectivity index is 1.63. The number of nitrogens with one attached hydrogen (secondary N) is 1. The summed E-state index contributed by atoms with van der Waals surface area (Å²) in [5.41, 5.74) is 4.58. The zero-order chi connectivity index (χ0) is 19.4. The lowest BCUT2D eigenvalue weighted by Gasteiger charge is -2.29. The second kappa shape index (κ2) is 8.13. The summed E-state index contributed by atoms with van der Waals surface area (Å²) in [6.07, 6.45) is 2.68. The van der Waals surface area contributed by atoms with Crippen molar-refractivity contribution in [3.05, 3.63) is 59.2 Å². The molecule has 1 N–H and O–H groups in total. The van der Waals surface area contributed by atoms with Crippen LogP contribution in [-0.4, -0.2) is 26.6 Å². The number of hydrogen-bond acceptors (Lipinski definition) is 3. The first-order chi connectivity index (χ1) is 12.8. The van der Waals surface area contributed by atoms with Crippen LogP contribution in [0.2, 0.25) is 0 Å². The summed E-state index contributed by atoms with van der Waals surface area (Å²) in [6, 6.07) is 13.6.